The van der Waals surface area contributed by atoms with E-state index in [1.165, 1.54) is 12.8 Å². The van der Waals surface area contributed by atoms with Gasteiger partial charge in [-0.25, -0.2) is 0 Å². The van der Waals surface area contributed by atoms with Crippen molar-refractivity contribution in [3.05, 3.63) is 0 Å². The SMILES string of the molecule is O=C1CN([C@@H]2CCCNC2)CCN1. The van der Waals surface area contributed by atoms with E-state index in [1.54, 1.807) is 0 Å². The molecule has 0 aromatic heterocycles. The van der Waals surface area contributed by atoms with E-state index in [0.29, 0.717) is 12.6 Å². The Bertz CT molecular complexity index is 189. The number of hydrogen-bond donors (Lipinski definition) is 2. The van der Waals surface area contributed by atoms with Crippen LogP contribution in [0.1, 0.15) is 12.8 Å². The largest absolute Gasteiger partial charge is 0.354 e. The summed E-state index contributed by atoms with van der Waals surface area (Å²) in [4.78, 5) is 13.4. The molecular formula is C9H17N3O. The van der Waals surface area contributed by atoms with E-state index in [-0.39, 0.29) is 5.91 Å². The Labute approximate surface area is 78.7 Å². The van der Waals surface area contributed by atoms with Crippen molar-refractivity contribution < 1.29 is 4.79 Å². The lowest BCUT2D eigenvalue weighted by atomic mass is 10.1. The molecule has 4 nitrogen and oxygen atoms in total. The predicted octanol–water partition coefficient (Wildman–Crippen LogP) is -0.830. The normalized spacial score (nSPS) is 31.4. The molecule has 0 aromatic carbocycles. The summed E-state index contributed by atoms with van der Waals surface area (Å²) in [7, 11) is 0. The Morgan fingerprint density at radius 1 is 1.38 bits per heavy atom. The molecule has 2 heterocycles. The summed E-state index contributed by atoms with van der Waals surface area (Å²) in [6, 6.07) is 0.583. The smallest absolute Gasteiger partial charge is 0.234 e. The van der Waals surface area contributed by atoms with Gasteiger partial charge in [0.15, 0.2) is 0 Å². The zero-order chi connectivity index (χ0) is 9.10. The summed E-state index contributed by atoms with van der Waals surface area (Å²) < 4.78 is 0. The highest BCUT2D eigenvalue weighted by atomic mass is 16.2. The van der Waals surface area contributed by atoms with Gasteiger partial charge >= 0.3 is 0 Å². The molecule has 0 spiro atoms. The highest BCUT2D eigenvalue weighted by Gasteiger charge is 2.24. The molecule has 0 saturated carbocycles. The molecule has 1 atom stereocenters. The van der Waals surface area contributed by atoms with Crippen molar-refractivity contribution in [2.24, 2.45) is 0 Å². The predicted molar refractivity (Wildman–Crippen MR) is 50.5 cm³/mol. The number of carbonyl (C=O) groups excluding carboxylic acids is 1. The van der Waals surface area contributed by atoms with Crippen molar-refractivity contribution in [3.8, 4) is 0 Å². The van der Waals surface area contributed by atoms with E-state index in [4.69, 9.17) is 0 Å². The number of hydrogen-bond acceptors (Lipinski definition) is 3. The van der Waals surface area contributed by atoms with Crippen LogP contribution < -0.4 is 10.6 Å². The van der Waals surface area contributed by atoms with Crippen LogP contribution in [0.3, 0.4) is 0 Å². The Hall–Kier alpha value is -0.610. The summed E-state index contributed by atoms with van der Waals surface area (Å²) in [5, 5.41) is 6.22. The molecule has 13 heavy (non-hydrogen) atoms. The molecule has 0 aliphatic carbocycles. The molecule has 2 N–H and O–H groups in total. The van der Waals surface area contributed by atoms with Gasteiger partial charge in [0.05, 0.1) is 6.54 Å². The number of rotatable bonds is 1. The van der Waals surface area contributed by atoms with Gasteiger partial charge < -0.3 is 10.6 Å². The third-order valence-electron chi connectivity index (χ3n) is 2.86. The lowest BCUT2D eigenvalue weighted by Gasteiger charge is -2.36. The summed E-state index contributed by atoms with van der Waals surface area (Å²) in [6.07, 6.45) is 2.48. The maximum absolute atomic E-state index is 11.1. The Morgan fingerprint density at radius 3 is 3.00 bits per heavy atom. The van der Waals surface area contributed by atoms with Crippen LogP contribution in [0.25, 0.3) is 0 Å². The van der Waals surface area contributed by atoms with Crippen molar-refractivity contribution in [1.82, 2.24) is 15.5 Å². The molecular weight excluding hydrogens is 166 g/mol. The second-order valence-electron chi connectivity index (χ2n) is 3.82. The second-order valence-corrected chi connectivity index (χ2v) is 3.82. The van der Waals surface area contributed by atoms with Gasteiger partial charge in [0.25, 0.3) is 0 Å². The lowest BCUT2D eigenvalue weighted by molar-refractivity contribution is -0.125. The first-order valence-electron chi connectivity index (χ1n) is 5.08. The number of nitrogens with one attached hydrogen (secondary N) is 2. The van der Waals surface area contributed by atoms with Crippen LogP contribution in [0.5, 0.6) is 0 Å². The molecule has 0 radical (unpaired) electrons. The zero-order valence-corrected chi connectivity index (χ0v) is 7.88. The average Bonchev–Trinajstić information content (AvgIpc) is 2.19. The number of carbonyl (C=O) groups is 1. The van der Waals surface area contributed by atoms with Gasteiger partial charge in [-0.15, -0.1) is 0 Å². The maximum Gasteiger partial charge on any atom is 0.234 e. The second kappa shape index (κ2) is 4.07. The van der Waals surface area contributed by atoms with Crippen LogP contribution in [0.4, 0.5) is 0 Å². The van der Waals surface area contributed by atoms with Gasteiger partial charge in [-0.1, -0.05) is 0 Å². The quantitative estimate of drug-likeness (QED) is 0.558. The molecule has 74 valence electrons. The van der Waals surface area contributed by atoms with Gasteiger partial charge in [0.1, 0.15) is 0 Å². The molecule has 0 unspecified atom stereocenters. The molecule has 4 heteroatoms. The fourth-order valence-corrected chi connectivity index (χ4v) is 2.12. The average molecular weight is 183 g/mol. The Kier molecular flexibility index (Phi) is 2.80. The minimum Gasteiger partial charge on any atom is -0.354 e. The topological polar surface area (TPSA) is 44.4 Å². The zero-order valence-electron chi connectivity index (χ0n) is 7.88. The van der Waals surface area contributed by atoms with E-state index < -0.39 is 0 Å². The van der Waals surface area contributed by atoms with E-state index in [0.717, 1.165) is 26.2 Å². The summed E-state index contributed by atoms with van der Waals surface area (Å²) in [5.41, 5.74) is 0. The fourth-order valence-electron chi connectivity index (χ4n) is 2.12. The third kappa shape index (κ3) is 2.19. The maximum atomic E-state index is 11.1. The van der Waals surface area contributed by atoms with E-state index in [1.807, 2.05) is 0 Å². The molecule has 2 saturated heterocycles. The summed E-state index contributed by atoms with van der Waals surface area (Å²) >= 11 is 0. The van der Waals surface area contributed by atoms with Crippen LogP contribution in [0, 0.1) is 0 Å². The summed E-state index contributed by atoms with van der Waals surface area (Å²) in [6.45, 7) is 4.60. The monoisotopic (exact) mass is 183 g/mol. The van der Waals surface area contributed by atoms with Crippen LogP contribution in [0.15, 0.2) is 0 Å². The first-order chi connectivity index (χ1) is 6.36. The molecule has 2 aliphatic rings. The number of nitrogens with zero attached hydrogens (tertiary/aromatic N) is 1. The van der Waals surface area contributed by atoms with E-state index in [9.17, 15) is 4.79 Å². The summed E-state index contributed by atoms with van der Waals surface area (Å²) in [5.74, 6) is 0.178. The van der Waals surface area contributed by atoms with E-state index >= 15 is 0 Å². The van der Waals surface area contributed by atoms with Gasteiger partial charge in [0.2, 0.25) is 5.91 Å². The van der Waals surface area contributed by atoms with E-state index in [2.05, 4.69) is 15.5 Å². The number of piperazine rings is 1. The van der Waals surface area contributed by atoms with Crippen molar-refractivity contribution in [2.75, 3.05) is 32.7 Å². The molecule has 0 bridgehead atoms. The molecule has 0 aromatic rings. The highest BCUT2D eigenvalue weighted by Crippen LogP contribution is 2.10. The van der Waals surface area contributed by atoms with Crippen LogP contribution in [-0.2, 0) is 4.79 Å². The van der Waals surface area contributed by atoms with Gasteiger partial charge in [-0.05, 0) is 19.4 Å². The van der Waals surface area contributed by atoms with Crippen molar-refractivity contribution in [1.29, 1.82) is 0 Å². The molecule has 2 fully saturated rings. The third-order valence-corrected chi connectivity index (χ3v) is 2.86. The standard InChI is InChI=1S/C9H17N3O/c13-9-7-12(5-4-11-9)8-2-1-3-10-6-8/h8,10H,1-7H2,(H,11,13)/t8-/m1/s1. The van der Waals surface area contributed by atoms with Crippen molar-refractivity contribution in [2.45, 2.75) is 18.9 Å². The van der Waals surface area contributed by atoms with Gasteiger partial charge in [-0.3, -0.25) is 9.69 Å². The molecule has 2 rings (SSSR count). The van der Waals surface area contributed by atoms with Crippen molar-refractivity contribution in [3.63, 3.8) is 0 Å². The minimum absolute atomic E-state index is 0.178. The minimum atomic E-state index is 0.178. The van der Waals surface area contributed by atoms with Crippen molar-refractivity contribution >= 4 is 5.91 Å². The van der Waals surface area contributed by atoms with Crippen LogP contribution in [0.2, 0.25) is 0 Å². The van der Waals surface area contributed by atoms with Gasteiger partial charge in [0, 0.05) is 25.7 Å². The first-order valence-corrected chi connectivity index (χ1v) is 5.08. The lowest BCUT2D eigenvalue weighted by Crippen LogP contribution is -2.55. The van der Waals surface area contributed by atoms with Gasteiger partial charge in [-0.2, -0.15) is 0 Å². The number of amides is 1. The number of piperidine rings is 1. The van der Waals surface area contributed by atoms with Crippen LogP contribution in [-0.4, -0.2) is 49.6 Å². The van der Waals surface area contributed by atoms with Crippen LogP contribution >= 0.6 is 0 Å². The fraction of sp³-hybridized carbons (Fsp3) is 0.889. The Balaban J connectivity index is 1.87. The molecule has 2 aliphatic heterocycles. The Morgan fingerprint density at radius 2 is 2.31 bits per heavy atom. The highest BCUT2D eigenvalue weighted by molar-refractivity contribution is 5.78. The molecule has 1 amide bonds. The first kappa shape index (κ1) is 8.97.